The Hall–Kier alpha value is -4.14. The Bertz CT molecular complexity index is 1770. The summed E-state index contributed by atoms with van der Waals surface area (Å²) in [5.74, 6) is -0.893. The van der Waals surface area contributed by atoms with Crippen molar-refractivity contribution in [2.45, 2.75) is 71.0 Å². The van der Waals surface area contributed by atoms with Crippen molar-refractivity contribution in [1.82, 2.24) is 10.2 Å². The van der Waals surface area contributed by atoms with Crippen molar-refractivity contribution >= 4 is 39.1 Å². The molecule has 1 atom stereocenters. The highest BCUT2D eigenvalue weighted by Crippen LogP contribution is 2.28. The van der Waals surface area contributed by atoms with E-state index in [0.29, 0.717) is 16.3 Å². The maximum atomic E-state index is 14.6. The molecule has 2 amide bonds. The molecule has 0 fully saturated rings. The minimum atomic E-state index is -4.19. The Balaban J connectivity index is 1.85. The van der Waals surface area contributed by atoms with Crippen LogP contribution in [-0.2, 0) is 32.6 Å². The minimum Gasteiger partial charge on any atom is -0.350 e. The molecule has 46 heavy (non-hydrogen) atoms. The van der Waals surface area contributed by atoms with E-state index in [1.165, 1.54) is 4.90 Å². The summed E-state index contributed by atoms with van der Waals surface area (Å²) in [7, 11) is -4.19. The summed E-state index contributed by atoms with van der Waals surface area (Å²) in [5, 5.41) is 3.48. The van der Waals surface area contributed by atoms with Crippen LogP contribution in [-0.4, -0.2) is 43.3 Å². The van der Waals surface area contributed by atoms with Crippen LogP contribution >= 0.6 is 11.6 Å². The zero-order valence-electron chi connectivity index (χ0n) is 27.2. The smallest absolute Gasteiger partial charge is 0.264 e. The van der Waals surface area contributed by atoms with Gasteiger partial charge in [0.2, 0.25) is 11.8 Å². The van der Waals surface area contributed by atoms with Gasteiger partial charge >= 0.3 is 0 Å². The first kappa shape index (κ1) is 34.7. The van der Waals surface area contributed by atoms with Crippen LogP contribution in [0.4, 0.5) is 5.69 Å². The second-order valence-electron chi connectivity index (χ2n) is 12.7. The zero-order chi connectivity index (χ0) is 33.6. The largest absolute Gasteiger partial charge is 0.350 e. The van der Waals surface area contributed by atoms with Crippen molar-refractivity contribution in [3.05, 3.63) is 130 Å². The van der Waals surface area contributed by atoms with Gasteiger partial charge in [0.25, 0.3) is 10.0 Å². The first-order valence-corrected chi connectivity index (χ1v) is 17.0. The van der Waals surface area contributed by atoms with E-state index in [9.17, 15) is 18.0 Å². The van der Waals surface area contributed by atoms with E-state index in [1.807, 2.05) is 84.0 Å². The van der Waals surface area contributed by atoms with E-state index < -0.39 is 34.1 Å². The maximum absolute atomic E-state index is 14.6. The average molecular weight is 660 g/mol. The molecule has 1 unspecified atom stereocenters. The SMILES string of the molecule is Cc1ccc(S(=O)(=O)N(CC(=O)N(Cc2ccccc2Cl)C(Cc2ccccc2)C(=O)NC(C)(C)C)c2cc(C)cc(C)c2)cc1. The predicted molar refractivity (Wildman–Crippen MR) is 185 cm³/mol. The molecule has 0 aliphatic carbocycles. The number of nitrogens with zero attached hydrogens (tertiary/aromatic N) is 2. The number of carbonyl (C=O) groups is 2. The lowest BCUT2D eigenvalue weighted by molar-refractivity contribution is -0.140. The molecular weight excluding hydrogens is 618 g/mol. The van der Waals surface area contributed by atoms with Gasteiger partial charge in [-0.05, 0) is 94.1 Å². The fraction of sp³-hybridized carbons (Fsp3) is 0.297. The van der Waals surface area contributed by atoms with Crippen molar-refractivity contribution in [2.75, 3.05) is 10.8 Å². The molecule has 0 heterocycles. The third-order valence-electron chi connectivity index (χ3n) is 7.45. The fourth-order valence-electron chi connectivity index (χ4n) is 5.28. The number of hydrogen-bond donors (Lipinski definition) is 1. The topological polar surface area (TPSA) is 86.8 Å². The number of anilines is 1. The predicted octanol–water partition coefficient (Wildman–Crippen LogP) is 7.02. The third kappa shape index (κ3) is 8.98. The summed E-state index contributed by atoms with van der Waals surface area (Å²) in [4.78, 5) is 30.2. The van der Waals surface area contributed by atoms with Gasteiger partial charge in [-0.15, -0.1) is 0 Å². The van der Waals surface area contributed by atoms with Gasteiger partial charge < -0.3 is 10.2 Å². The number of halogens is 1. The molecule has 0 aliphatic heterocycles. The number of benzene rings is 4. The zero-order valence-corrected chi connectivity index (χ0v) is 28.8. The quantitative estimate of drug-likeness (QED) is 0.188. The molecule has 4 aromatic carbocycles. The molecular formula is C37H42ClN3O4S. The van der Waals surface area contributed by atoms with Gasteiger partial charge in [0.15, 0.2) is 0 Å². The van der Waals surface area contributed by atoms with E-state index in [2.05, 4.69) is 5.32 Å². The summed E-state index contributed by atoms with van der Waals surface area (Å²) >= 11 is 6.58. The van der Waals surface area contributed by atoms with E-state index in [-0.39, 0.29) is 23.8 Å². The first-order valence-electron chi connectivity index (χ1n) is 15.2. The van der Waals surface area contributed by atoms with Gasteiger partial charge in [-0.3, -0.25) is 13.9 Å². The Labute approximate surface area is 278 Å². The van der Waals surface area contributed by atoms with Crippen molar-refractivity contribution in [3.63, 3.8) is 0 Å². The number of rotatable bonds is 11. The van der Waals surface area contributed by atoms with Gasteiger partial charge in [-0.2, -0.15) is 0 Å². The van der Waals surface area contributed by atoms with Crippen molar-refractivity contribution in [1.29, 1.82) is 0 Å². The molecule has 0 saturated carbocycles. The second-order valence-corrected chi connectivity index (χ2v) is 15.0. The number of hydrogen-bond acceptors (Lipinski definition) is 4. The Morgan fingerprint density at radius 2 is 1.39 bits per heavy atom. The Kier molecular flexibility index (Phi) is 11.0. The number of amides is 2. The van der Waals surface area contributed by atoms with Gasteiger partial charge in [0, 0.05) is 23.5 Å². The number of carbonyl (C=O) groups excluding carboxylic acids is 2. The second kappa shape index (κ2) is 14.5. The van der Waals surface area contributed by atoms with Crippen LogP contribution in [0.25, 0.3) is 0 Å². The molecule has 0 spiro atoms. The summed E-state index contributed by atoms with van der Waals surface area (Å²) in [6.45, 7) is 10.7. The molecule has 1 N–H and O–H groups in total. The first-order chi connectivity index (χ1) is 21.6. The molecule has 0 radical (unpaired) electrons. The third-order valence-corrected chi connectivity index (χ3v) is 9.61. The van der Waals surface area contributed by atoms with Crippen LogP contribution in [0.1, 0.15) is 48.6 Å². The summed E-state index contributed by atoms with van der Waals surface area (Å²) in [5.41, 5.74) is 3.89. The van der Waals surface area contributed by atoms with Gasteiger partial charge in [-0.25, -0.2) is 8.42 Å². The fourth-order valence-corrected chi connectivity index (χ4v) is 6.87. The summed E-state index contributed by atoms with van der Waals surface area (Å²) in [6, 6.07) is 27.6. The highest BCUT2D eigenvalue weighted by molar-refractivity contribution is 7.92. The summed E-state index contributed by atoms with van der Waals surface area (Å²) < 4.78 is 29.7. The van der Waals surface area contributed by atoms with E-state index in [1.54, 1.807) is 54.6 Å². The molecule has 0 bridgehead atoms. The monoisotopic (exact) mass is 659 g/mol. The van der Waals surface area contributed by atoms with Crippen LogP contribution in [0.3, 0.4) is 0 Å². The standard InChI is InChI=1S/C37H42ClN3O4S/c1-26-16-18-32(19-17-26)46(44,45)41(31-21-27(2)20-28(3)22-31)25-35(42)40(24-30-14-10-11-15-33(30)38)34(36(43)39-37(4,5)6)23-29-12-8-7-9-13-29/h7-22,34H,23-25H2,1-6H3,(H,39,43). The molecule has 242 valence electrons. The molecule has 0 aromatic heterocycles. The number of aryl methyl sites for hydroxylation is 3. The van der Waals surface area contributed by atoms with Gasteiger partial charge in [-0.1, -0.05) is 83.9 Å². The van der Waals surface area contributed by atoms with Crippen LogP contribution in [0.15, 0.2) is 102 Å². The summed E-state index contributed by atoms with van der Waals surface area (Å²) in [6.07, 6.45) is 0.215. The van der Waals surface area contributed by atoms with Gasteiger partial charge in [0.05, 0.1) is 10.6 Å². The highest BCUT2D eigenvalue weighted by Gasteiger charge is 2.36. The number of sulfonamides is 1. The Morgan fingerprint density at radius 1 is 0.804 bits per heavy atom. The van der Waals surface area contributed by atoms with Crippen molar-refractivity contribution < 1.29 is 18.0 Å². The molecule has 9 heteroatoms. The number of nitrogens with one attached hydrogen (secondary N) is 1. The minimum absolute atomic E-state index is 0.00116. The van der Waals surface area contributed by atoms with E-state index in [4.69, 9.17) is 11.6 Å². The molecule has 0 saturated heterocycles. The van der Waals surface area contributed by atoms with E-state index >= 15 is 0 Å². The molecule has 4 aromatic rings. The van der Waals surface area contributed by atoms with Crippen LogP contribution in [0.5, 0.6) is 0 Å². The van der Waals surface area contributed by atoms with Crippen molar-refractivity contribution in [2.24, 2.45) is 0 Å². The lowest BCUT2D eigenvalue weighted by Gasteiger charge is -2.35. The van der Waals surface area contributed by atoms with Crippen molar-refractivity contribution in [3.8, 4) is 0 Å². The lowest BCUT2D eigenvalue weighted by Crippen LogP contribution is -2.56. The average Bonchev–Trinajstić information content (AvgIpc) is 2.97. The van der Waals surface area contributed by atoms with Crippen LogP contribution < -0.4 is 9.62 Å². The Morgan fingerprint density at radius 3 is 1.98 bits per heavy atom. The van der Waals surface area contributed by atoms with Crippen LogP contribution in [0, 0.1) is 20.8 Å². The van der Waals surface area contributed by atoms with Crippen LogP contribution in [0.2, 0.25) is 5.02 Å². The van der Waals surface area contributed by atoms with E-state index in [0.717, 1.165) is 26.6 Å². The highest BCUT2D eigenvalue weighted by atomic mass is 35.5. The molecule has 7 nitrogen and oxygen atoms in total. The molecule has 0 aliphatic rings. The molecule has 4 rings (SSSR count). The normalized spacial score (nSPS) is 12.3. The van der Waals surface area contributed by atoms with Gasteiger partial charge in [0.1, 0.15) is 12.6 Å². The maximum Gasteiger partial charge on any atom is 0.264 e. The lowest BCUT2D eigenvalue weighted by atomic mass is 10.0.